The number of hydrogen-bond acceptors (Lipinski definition) is 4. The van der Waals surface area contributed by atoms with Gasteiger partial charge in [0.15, 0.2) is 5.78 Å². The van der Waals surface area contributed by atoms with E-state index in [0.29, 0.717) is 16.3 Å². The third-order valence-electron chi connectivity index (χ3n) is 3.32. The SMILES string of the molecule is CC(=O)c1ccc(C(=O)NCc2cc(-c3ccccc3)n[nH]2)s1. The van der Waals surface area contributed by atoms with Gasteiger partial charge < -0.3 is 5.32 Å². The normalized spacial score (nSPS) is 10.5. The summed E-state index contributed by atoms with van der Waals surface area (Å²) in [7, 11) is 0. The van der Waals surface area contributed by atoms with Crippen LogP contribution in [0.4, 0.5) is 0 Å². The van der Waals surface area contributed by atoms with Crippen molar-refractivity contribution in [1.29, 1.82) is 0 Å². The highest BCUT2D eigenvalue weighted by molar-refractivity contribution is 7.15. The molecule has 2 N–H and O–H groups in total. The molecule has 1 amide bonds. The molecular weight excluding hydrogens is 310 g/mol. The van der Waals surface area contributed by atoms with E-state index in [2.05, 4.69) is 15.5 Å². The molecule has 2 heterocycles. The van der Waals surface area contributed by atoms with Crippen LogP contribution >= 0.6 is 11.3 Å². The zero-order chi connectivity index (χ0) is 16.2. The first-order valence-electron chi connectivity index (χ1n) is 7.12. The maximum atomic E-state index is 12.1. The van der Waals surface area contributed by atoms with E-state index in [1.807, 2.05) is 36.4 Å². The fraction of sp³-hybridized carbons (Fsp3) is 0.118. The number of amides is 1. The number of hydrogen-bond donors (Lipinski definition) is 2. The van der Waals surface area contributed by atoms with Gasteiger partial charge >= 0.3 is 0 Å². The first-order chi connectivity index (χ1) is 11.1. The number of aromatic amines is 1. The van der Waals surface area contributed by atoms with Crippen molar-refractivity contribution in [2.45, 2.75) is 13.5 Å². The standard InChI is InChI=1S/C17H15N3O2S/c1-11(21)15-7-8-16(23-15)17(22)18-10-13-9-14(20-19-13)12-5-3-2-4-6-12/h2-9H,10H2,1H3,(H,18,22)(H,19,20). The van der Waals surface area contributed by atoms with Crippen molar-refractivity contribution in [3.8, 4) is 11.3 Å². The third-order valence-corrected chi connectivity index (χ3v) is 4.50. The minimum absolute atomic E-state index is 0.0323. The Morgan fingerprint density at radius 1 is 1.13 bits per heavy atom. The summed E-state index contributed by atoms with van der Waals surface area (Å²) in [4.78, 5) is 24.5. The number of carbonyl (C=O) groups excluding carboxylic acids is 2. The second-order valence-electron chi connectivity index (χ2n) is 5.05. The molecule has 23 heavy (non-hydrogen) atoms. The first kappa shape index (κ1) is 15.2. The largest absolute Gasteiger partial charge is 0.346 e. The predicted octanol–water partition coefficient (Wildman–Crippen LogP) is 3.27. The van der Waals surface area contributed by atoms with Crippen LogP contribution in [0, 0.1) is 0 Å². The van der Waals surface area contributed by atoms with Crippen molar-refractivity contribution in [3.05, 3.63) is 64.0 Å². The van der Waals surface area contributed by atoms with Crippen LogP contribution in [0.1, 0.15) is 32.0 Å². The lowest BCUT2D eigenvalue weighted by molar-refractivity contribution is 0.0953. The van der Waals surface area contributed by atoms with Crippen LogP contribution in [0.5, 0.6) is 0 Å². The highest BCUT2D eigenvalue weighted by atomic mass is 32.1. The summed E-state index contributed by atoms with van der Waals surface area (Å²) in [5.74, 6) is -0.228. The van der Waals surface area contributed by atoms with E-state index in [-0.39, 0.29) is 11.7 Å². The van der Waals surface area contributed by atoms with Crippen molar-refractivity contribution >= 4 is 23.0 Å². The smallest absolute Gasteiger partial charge is 0.261 e. The minimum atomic E-state index is -0.196. The molecule has 0 spiro atoms. The summed E-state index contributed by atoms with van der Waals surface area (Å²) in [6, 6.07) is 15.1. The lowest BCUT2D eigenvalue weighted by Gasteiger charge is -2.00. The van der Waals surface area contributed by atoms with Crippen molar-refractivity contribution in [3.63, 3.8) is 0 Å². The Morgan fingerprint density at radius 3 is 2.57 bits per heavy atom. The van der Waals surface area contributed by atoms with Crippen molar-refractivity contribution in [2.24, 2.45) is 0 Å². The van der Waals surface area contributed by atoms with E-state index < -0.39 is 0 Å². The van der Waals surface area contributed by atoms with Gasteiger partial charge in [-0.2, -0.15) is 5.10 Å². The summed E-state index contributed by atoms with van der Waals surface area (Å²) in [5.41, 5.74) is 2.68. The van der Waals surface area contributed by atoms with Crippen LogP contribution in [0.25, 0.3) is 11.3 Å². The molecule has 3 aromatic rings. The fourth-order valence-corrected chi connectivity index (χ4v) is 2.94. The van der Waals surface area contributed by atoms with Crippen LogP contribution in [0.2, 0.25) is 0 Å². The highest BCUT2D eigenvalue weighted by Gasteiger charge is 2.11. The molecule has 0 radical (unpaired) electrons. The van der Waals surface area contributed by atoms with Crippen molar-refractivity contribution < 1.29 is 9.59 Å². The Morgan fingerprint density at radius 2 is 1.87 bits per heavy atom. The molecule has 5 nitrogen and oxygen atoms in total. The van der Waals surface area contributed by atoms with Gasteiger partial charge in [-0.25, -0.2) is 0 Å². The highest BCUT2D eigenvalue weighted by Crippen LogP contribution is 2.18. The average molecular weight is 325 g/mol. The number of H-pyrrole nitrogens is 1. The molecule has 0 fully saturated rings. The Balaban J connectivity index is 1.63. The summed E-state index contributed by atoms with van der Waals surface area (Å²) in [6.45, 7) is 1.84. The van der Waals surface area contributed by atoms with Crippen LogP contribution in [0.15, 0.2) is 48.5 Å². The molecule has 2 aromatic heterocycles. The van der Waals surface area contributed by atoms with E-state index in [4.69, 9.17) is 0 Å². The van der Waals surface area contributed by atoms with Crippen molar-refractivity contribution in [2.75, 3.05) is 0 Å². The number of ketones is 1. The number of Topliss-reactive ketones (excluding diaryl/α,β-unsaturated/α-hetero) is 1. The predicted molar refractivity (Wildman–Crippen MR) is 89.5 cm³/mol. The molecular formula is C17H15N3O2S. The van der Waals surface area contributed by atoms with E-state index in [9.17, 15) is 9.59 Å². The van der Waals surface area contributed by atoms with Gasteiger partial charge in [-0.1, -0.05) is 30.3 Å². The van der Waals surface area contributed by atoms with Crippen LogP contribution < -0.4 is 5.32 Å². The third kappa shape index (κ3) is 3.54. The number of thiophene rings is 1. The molecule has 3 rings (SSSR count). The molecule has 0 aliphatic rings. The topological polar surface area (TPSA) is 74.8 Å². The quantitative estimate of drug-likeness (QED) is 0.707. The maximum absolute atomic E-state index is 12.1. The molecule has 0 aliphatic heterocycles. The summed E-state index contributed by atoms with van der Waals surface area (Å²) >= 11 is 1.20. The van der Waals surface area contributed by atoms with Gasteiger partial charge in [0, 0.05) is 5.56 Å². The van der Waals surface area contributed by atoms with Gasteiger partial charge in [0.1, 0.15) is 0 Å². The van der Waals surface area contributed by atoms with E-state index >= 15 is 0 Å². The molecule has 0 atom stereocenters. The molecule has 0 saturated heterocycles. The Labute approximate surface area is 137 Å². The molecule has 1 aromatic carbocycles. The number of carbonyl (C=O) groups is 2. The van der Waals surface area contributed by atoms with Crippen molar-refractivity contribution in [1.82, 2.24) is 15.5 Å². The number of aromatic nitrogens is 2. The number of rotatable bonds is 5. The number of benzene rings is 1. The average Bonchev–Trinajstić information content (AvgIpc) is 3.23. The Hall–Kier alpha value is -2.73. The van der Waals surface area contributed by atoms with E-state index in [1.54, 1.807) is 12.1 Å². The van der Waals surface area contributed by atoms with Gasteiger partial charge in [0.05, 0.1) is 27.7 Å². The minimum Gasteiger partial charge on any atom is -0.346 e. The van der Waals surface area contributed by atoms with Gasteiger partial charge in [-0.05, 0) is 25.1 Å². The van der Waals surface area contributed by atoms with E-state index in [1.165, 1.54) is 18.3 Å². The molecule has 116 valence electrons. The molecule has 0 saturated carbocycles. The van der Waals surface area contributed by atoms with Gasteiger partial charge in [-0.15, -0.1) is 11.3 Å². The molecule has 0 unspecified atom stereocenters. The van der Waals surface area contributed by atoms with Crippen LogP contribution in [0.3, 0.4) is 0 Å². The molecule has 0 bridgehead atoms. The van der Waals surface area contributed by atoms with Crippen LogP contribution in [-0.4, -0.2) is 21.9 Å². The van der Waals surface area contributed by atoms with Crippen LogP contribution in [-0.2, 0) is 6.54 Å². The second-order valence-corrected chi connectivity index (χ2v) is 6.13. The summed E-state index contributed by atoms with van der Waals surface area (Å²) in [6.07, 6.45) is 0. The lowest BCUT2D eigenvalue weighted by Crippen LogP contribution is -2.21. The monoisotopic (exact) mass is 325 g/mol. The lowest BCUT2D eigenvalue weighted by atomic mass is 10.1. The van der Waals surface area contributed by atoms with Gasteiger partial charge in [0.25, 0.3) is 5.91 Å². The summed E-state index contributed by atoms with van der Waals surface area (Å²) < 4.78 is 0. The zero-order valence-electron chi connectivity index (χ0n) is 12.5. The molecule has 6 heteroatoms. The first-order valence-corrected chi connectivity index (χ1v) is 7.94. The van der Waals surface area contributed by atoms with Gasteiger partial charge in [-0.3, -0.25) is 14.7 Å². The Kier molecular flexibility index (Phi) is 4.34. The molecule has 0 aliphatic carbocycles. The number of nitrogens with zero attached hydrogens (tertiary/aromatic N) is 1. The van der Waals surface area contributed by atoms with Gasteiger partial charge in [0.2, 0.25) is 0 Å². The maximum Gasteiger partial charge on any atom is 0.261 e. The second kappa shape index (κ2) is 6.58. The fourth-order valence-electron chi connectivity index (χ4n) is 2.12. The number of nitrogens with one attached hydrogen (secondary N) is 2. The zero-order valence-corrected chi connectivity index (χ0v) is 13.3. The summed E-state index contributed by atoms with van der Waals surface area (Å²) in [5, 5.41) is 9.99. The van der Waals surface area contributed by atoms with E-state index in [0.717, 1.165) is 17.0 Å². The Bertz CT molecular complexity index is 836.